The van der Waals surface area contributed by atoms with Crippen molar-refractivity contribution in [2.24, 2.45) is 5.41 Å². The fraction of sp³-hybridized carbons (Fsp3) is 0.412. The third-order valence-corrected chi connectivity index (χ3v) is 4.49. The van der Waals surface area contributed by atoms with E-state index >= 15 is 0 Å². The summed E-state index contributed by atoms with van der Waals surface area (Å²) in [6, 6.07) is 6.92. The van der Waals surface area contributed by atoms with Gasteiger partial charge in [-0.05, 0) is 30.5 Å². The van der Waals surface area contributed by atoms with E-state index in [0.717, 1.165) is 32.5 Å². The highest BCUT2D eigenvalue weighted by Crippen LogP contribution is 2.35. The van der Waals surface area contributed by atoms with Gasteiger partial charge in [0, 0.05) is 30.3 Å². The van der Waals surface area contributed by atoms with Gasteiger partial charge in [0.1, 0.15) is 5.82 Å². The summed E-state index contributed by atoms with van der Waals surface area (Å²) in [6.45, 7) is 3.21. The molecule has 0 aromatic heterocycles. The van der Waals surface area contributed by atoms with E-state index in [1.165, 1.54) is 5.56 Å². The summed E-state index contributed by atoms with van der Waals surface area (Å²) < 4.78 is 13.0. The van der Waals surface area contributed by atoms with Crippen LogP contribution in [0.5, 0.6) is 0 Å². The fourth-order valence-electron chi connectivity index (χ4n) is 3.14. The zero-order valence-electron chi connectivity index (χ0n) is 11.5. The molecule has 0 N–H and O–H groups in total. The highest BCUT2D eigenvalue weighted by molar-refractivity contribution is 7.81. The molecule has 106 valence electrons. The van der Waals surface area contributed by atoms with Gasteiger partial charge in [0.15, 0.2) is 0 Å². The zero-order chi connectivity index (χ0) is 14.0. The van der Waals surface area contributed by atoms with Crippen LogP contribution < -0.4 is 0 Å². The lowest BCUT2D eigenvalue weighted by Gasteiger charge is -2.43. The van der Waals surface area contributed by atoms with Crippen molar-refractivity contribution < 1.29 is 4.39 Å². The van der Waals surface area contributed by atoms with Crippen LogP contribution in [-0.4, -0.2) is 29.8 Å². The van der Waals surface area contributed by atoms with Crippen LogP contribution in [0.2, 0.25) is 0 Å². The van der Waals surface area contributed by atoms with Crippen LogP contribution >= 0.6 is 12.6 Å². The van der Waals surface area contributed by atoms with Crippen molar-refractivity contribution in [3.8, 4) is 0 Å². The Morgan fingerprint density at radius 1 is 1.20 bits per heavy atom. The molecule has 2 aliphatic rings. The van der Waals surface area contributed by atoms with E-state index in [1.54, 1.807) is 12.1 Å². The van der Waals surface area contributed by atoms with Gasteiger partial charge < -0.3 is 4.90 Å². The van der Waals surface area contributed by atoms with E-state index < -0.39 is 0 Å². The Bertz CT molecular complexity index is 516. The summed E-state index contributed by atoms with van der Waals surface area (Å²) in [6.07, 6.45) is 10.8. The van der Waals surface area contributed by atoms with Crippen molar-refractivity contribution in [2.45, 2.75) is 18.1 Å². The number of benzene rings is 1. The Morgan fingerprint density at radius 2 is 1.95 bits per heavy atom. The minimum absolute atomic E-state index is 0.139. The van der Waals surface area contributed by atoms with Crippen LogP contribution in [0.3, 0.4) is 0 Å². The Kier molecular flexibility index (Phi) is 3.99. The average molecular weight is 289 g/mol. The monoisotopic (exact) mass is 289 g/mol. The fourth-order valence-corrected chi connectivity index (χ4v) is 3.60. The van der Waals surface area contributed by atoms with Crippen LogP contribution in [0.1, 0.15) is 12.0 Å². The maximum atomic E-state index is 13.0. The van der Waals surface area contributed by atoms with E-state index in [1.807, 2.05) is 12.1 Å². The molecule has 0 spiro atoms. The summed E-state index contributed by atoms with van der Waals surface area (Å²) >= 11 is 4.48. The van der Waals surface area contributed by atoms with E-state index in [2.05, 4.69) is 41.8 Å². The predicted molar refractivity (Wildman–Crippen MR) is 84.6 cm³/mol. The quantitative estimate of drug-likeness (QED) is 0.831. The van der Waals surface area contributed by atoms with Crippen molar-refractivity contribution >= 4 is 12.6 Å². The van der Waals surface area contributed by atoms with Crippen LogP contribution in [-0.2, 0) is 6.42 Å². The molecule has 3 heteroatoms. The van der Waals surface area contributed by atoms with Crippen LogP contribution in [0.15, 0.2) is 48.6 Å². The Balaban J connectivity index is 1.73. The highest BCUT2D eigenvalue weighted by Gasteiger charge is 2.34. The lowest BCUT2D eigenvalue weighted by molar-refractivity contribution is 0.128. The third kappa shape index (κ3) is 3.15. The molecule has 1 aromatic carbocycles. The molecule has 20 heavy (non-hydrogen) atoms. The van der Waals surface area contributed by atoms with E-state index in [9.17, 15) is 4.39 Å². The summed E-state index contributed by atoms with van der Waals surface area (Å²) in [5, 5.41) is 0.529. The predicted octanol–water partition coefficient (Wildman–Crippen LogP) is 3.48. The first-order valence-electron chi connectivity index (χ1n) is 7.14. The number of likely N-dealkylation sites (tertiary alicyclic amines) is 1. The van der Waals surface area contributed by atoms with Crippen molar-refractivity contribution in [2.75, 3.05) is 19.6 Å². The molecule has 1 aromatic rings. The van der Waals surface area contributed by atoms with E-state index in [-0.39, 0.29) is 11.2 Å². The van der Waals surface area contributed by atoms with E-state index in [4.69, 9.17) is 0 Å². The number of allylic oxidation sites excluding steroid dienone is 3. The Hall–Kier alpha value is -1.06. The molecule has 1 heterocycles. The maximum absolute atomic E-state index is 13.0. The van der Waals surface area contributed by atoms with Crippen LogP contribution in [0.25, 0.3) is 0 Å². The first kappa shape index (κ1) is 13.9. The van der Waals surface area contributed by atoms with Gasteiger partial charge in [0.2, 0.25) is 0 Å². The van der Waals surface area contributed by atoms with Gasteiger partial charge in [-0.1, -0.05) is 36.4 Å². The van der Waals surface area contributed by atoms with Crippen molar-refractivity contribution in [3.05, 3.63) is 60.0 Å². The van der Waals surface area contributed by atoms with Gasteiger partial charge in [-0.2, -0.15) is 12.6 Å². The third-order valence-electron chi connectivity index (χ3n) is 4.17. The second-order valence-electron chi connectivity index (χ2n) is 6.00. The summed E-state index contributed by atoms with van der Waals surface area (Å²) in [5.41, 5.74) is 1.34. The molecule has 1 atom stereocenters. The molecular weight excluding hydrogens is 269 g/mol. The molecule has 0 amide bonds. The second kappa shape index (κ2) is 5.74. The standard InChI is InChI=1S/C17H20FNS/c18-15-6-4-14(5-7-15)10-17(8-2-1-3-9-17)13-19-11-16(20)12-19/h1-8,16,20H,9-13H2. The van der Waals surface area contributed by atoms with Gasteiger partial charge in [-0.15, -0.1) is 0 Å². The molecule has 1 fully saturated rings. The summed E-state index contributed by atoms with van der Waals surface area (Å²) in [4.78, 5) is 2.46. The second-order valence-corrected chi connectivity index (χ2v) is 6.74. The maximum Gasteiger partial charge on any atom is 0.123 e. The molecule has 1 aliphatic carbocycles. The molecule has 1 saturated heterocycles. The molecular formula is C17H20FNS. The van der Waals surface area contributed by atoms with Gasteiger partial charge >= 0.3 is 0 Å². The Morgan fingerprint density at radius 3 is 2.55 bits per heavy atom. The molecule has 1 aliphatic heterocycles. The highest BCUT2D eigenvalue weighted by atomic mass is 32.1. The lowest BCUT2D eigenvalue weighted by Crippen LogP contribution is -2.52. The summed E-state index contributed by atoms with van der Waals surface area (Å²) in [7, 11) is 0. The van der Waals surface area contributed by atoms with Gasteiger partial charge in [-0.3, -0.25) is 0 Å². The molecule has 0 radical (unpaired) electrons. The van der Waals surface area contributed by atoms with Crippen molar-refractivity contribution in [1.82, 2.24) is 4.90 Å². The molecule has 0 saturated carbocycles. The number of hydrogen-bond acceptors (Lipinski definition) is 2. The molecule has 3 rings (SSSR count). The molecule has 1 unspecified atom stereocenters. The minimum atomic E-state index is -0.164. The average Bonchev–Trinajstić information content (AvgIpc) is 2.41. The van der Waals surface area contributed by atoms with Gasteiger partial charge in [0.05, 0.1) is 0 Å². The topological polar surface area (TPSA) is 3.24 Å². The van der Waals surface area contributed by atoms with Gasteiger partial charge in [-0.25, -0.2) is 4.39 Å². The van der Waals surface area contributed by atoms with Crippen LogP contribution in [0, 0.1) is 11.2 Å². The van der Waals surface area contributed by atoms with Crippen LogP contribution in [0.4, 0.5) is 4.39 Å². The smallest absolute Gasteiger partial charge is 0.123 e. The van der Waals surface area contributed by atoms with Crippen molar-refractivity contribution in [1.29, 1.82) is 0 Å². The molecule has 0 bridgehead atoms. The number of hydrogen-bond donors (Lipinski definition) is 1. The first-order valence-corrected chi connectivity index (χ1v) is 7.66. The normalized spacial score (nSPS) is 26.7. The van der Waals surface area contributed by atoms with E-state index in [0.29, 0.717) is 5.25 Å². The minimum Gasteiger partial charge on any atom is -0.300 e. The van der Waals surface area contributed by atoms with Gasteiger partial charge in [0.25, 0.3) is 0 Å². The largest absolute Gasteiger partial charge is 0.300 e. The van der Waals surface area contributed by atoms with Crippen molar-refractivity contribution in [3.63, 3.8) is 0 Å². The summed E-state index contributed by atoms with van der Waals surface area (Å²) in [5.74, 6) is -0.164. The zero-order valence-corrected chi connectivity index (χ0v) is 12.4. The number of thiol groups is 1. The number of nitrogens with zero attached hydrogens (tertiary/aromatic N) is 1. The number of rotatable bonds is 4. The Labute approximate surface area is 125 Å². The SMILES string of the molecule is Fc1ccc(CC2(CN3CC(S)C3)C=CC=CC2)cc1. The number of halogens is 1. The molecule has 1 nitrogen and oxygen atoms in total. The first-order chi connectivity index (χ1) is 9.65. The lowest BCUT2D eigenvalue weighted by atomic mass is 9.75.